The Morgan fingerprint density at radius 3 is 0.909 bits per heavy atom. The van der Waals surface area contributed by atoms with Crippen LogP contribution in [0.1, 0.15) is 27.7 Å². The molecule has 0 radical (unpaired) electrons. The van der Waals surface area contributed by atoms with E-state index in [2.05, 4.69) is 27.7 Å². The van der Waals surface area contributed by atoms with E-state index >= 15 is 0 Å². The third kappa shape index (κ3) is 5.17. The summed E-state index contributed by atoms with van der Waals surface area (Å²) in [6, 6.07) is 0. The van der Waals surface area contributed by atoms with Crippen LogP contribution in [0.3, 0.4) is 0 Å². The molecule has 0 aliphatic rings. The predicted octanol–water partition coefficient (Wildman–Crippen LogP) is 2.30. The van der Waals surface area contributed by atoms with Crippen molar-refractivity contribution in [3.05, 3.63) is 0 Å². The molecule has 0 atom stereocenters. The maximum atomic E-state index is 2.27. The standard InChI is InChI=1S/C8H20N.ClH.Zn/c1-5-9(6-2,7-3)8-4;;/h5-8H2,1-4H3;1H;/q+1;;. The molecule has 0 aromatic heterocycles. The molecule has 0 aliphatic heterocycles. The first-order valence-corrected chi connectivity index (χ1v) is 4.09. The second-order valence-electron chi connectivity index (χ2n) is 2.61. The molecular formula is C8H21ClNZn+. The Morgan fingerprint density at radius 1 is 0.727 bits per heavy atom. The number of nitrogens with zero attached hydrogens (tertiary/aromatic N) is 1. The van der Waals surface area contributed by atoms with Gasteiger partial charge >= 0.3 is 0 Å². The summed E-state index contributed by atoms with van der Waals surface area (Å²) in [6.45, 7) is 14.2. The van der Waals surface area contributed by atoms with Gasteiger partial charge in [0.15, 0.2) is 0 Å². The van der Waals surface area contributed by atoms with Crippen LogP contribution < -0.4 is 0 Å². The number of quaternary nitrogens is 1. The average molecular weight is 232 g/mol. The first-order valence-electron chi connectivity index (χ1n) is 4.09. The predicted molar refractivity (Wildman–Crippen MR) is 49.7 cm³/mol. The van der Waals surface area contributed by atoms with Gasteiger partial charge in [-0.25, -0.2) is 0 Å². The Balaban J connectivity index is -0.000000320. The van der Waals surface area contributed by atoms with E-state index < -0.39 is 0 Å². The van der Waals surface area contributed by atoms with Crippen molar-refractivity contribution in [1.29, 1.82) is 0 Å². The van der Waals surface area contributed by atoms with E-state index in [0.717, 1.165) is 0 Å². The summed E-state index contributed by atoms with van der Waals surface area (Å²) < 4.78 is 1.28. The number of hydrogen-bond acceptors (Lipinski definition) is 0. The quantitative estimate of drug-likeness (QED) is 0.515. The van der Waals surface area contributed by atoms with E-state index in [1.54, 1.807) is 0 Å². The third-order valence-corrected chi connectivity index (χ3v) is 2.68. The Bertz CT molecular complexity index is 57.0. The van der Waals surface area contributed by atoms with Crippen LogP contribution in [0.2, 0.25) is 0 Å². The molecule has 0 fully saturated rings. The Labute approximate surface area is 90.3 Å². The molecule has 3 heteroatoms. The zero-order chi connectivity index (χ0) is 7.33. The summed E-state index contributed by atoms with van der Waals surface area (Å²) in [4.78, 5) is 0. The molecule has 0 rings (SSSR count). The molecule has 0 heterocycles. The number of hydrogen-bond donors (Lipinski definition) is 0. The molecule has 0 unspecified atom stereocenters. The van der Waals surface area contributed by atoms with E-state index in [1.165, 1.54) is 30.7 Å². The number of rotatable bonds is 4. The minimum Gasteiger partial charge on any atom is -0.325 e. The minimum absolute atomic E-state index is 0. The van der Waals surface area contributed by atoms with E-state index in [0.29, 0.717) is 0 Å². The fourth-order valence-electron chi connectivity index (χ4n) is 1.34. The molecule has 0 spiro atoms. The Morgan fingerprint density at radius 2 is 0.909 bits per heavy atom. The normalized spacial score (nSPS) is 9.82. The van der Waals surface area contributed by atoms with E-state index in [9.17, 15) is 0 Å². The van der Waals surface area contributed by atoms with Gasteiger partial charge in [-0.3, -0.25) is 0 Å². The van der Waals surface area contributed by atoms with Gasteiger partial charge in [-0.15, -0.1) is 12.4 Å². The van der Waals surface area contributed by atoms with Crippen molar-refractivity contribution in [1.82, 2.24) is 0 Å². The van der Waals surface area contributed by atoms with Crippen LogP contribution in [-0.4, -0.2) is 30.7 Å². The van der Waals surface area contributed by atoms with Gasteiger partial charge in [-0.1, -0.05) is 0 Å². The van der Waals surface area contributed by atoms with Gasteiger partial charge in [0.1, 0.15) is 0 Å². The van der Waals surface area contributed by atoms with Crippen molar-refractivity contribution in [3.63, 3.8) is 0 Å². The molecular weight excluding hydrogens is 211 g/mol. The number of halogens is 1. The second kappa shape index (κ2) is 8.97. The molecule has 0 amide bonds. The van der Waals surface area contributed by atoms with E-state index in [4.69, 9.17) is 0 Å². The van der Waals surface area contributed by atoms with Gasteiger partial charge in [0.2, 0.25) is 0 Å². The monoisotopic (exact) mass is 230 g/mol. The second-order valence-corrected chi connectivity index (χ2v) is 2.61. The minimum atomic E-state index is 0. The summed E-state index contributed by atoms with van der Waals surface area (Å²) in [5, 5.41) is 0. The summed E-state index contributed by atoms with van der Waals surface area (Å²) >= 11 is 0. The summed E-state index contributed by atoms with van der Waals surface area (Å²) in [5.74, 6) is 0. The van der Waals surface area contributed by atoms with Gasteiger partial charge in [0.05, 0.1) is 26.2 Å². The SMILES string of the molecule is CC[N+](CC)(CC)CC.Cl.[Zn]. The molecule has 0 saturated carbocycles. The van der Waals surface area contributed by atoms with Gasteiger partial charge in [0.25, 0.3) is 0 Å². The maximum absolute atomic E-state index is 2.27. The first-order chi connectivity index (χ1) is 4.24. The molecule has 0 aliphatic carbocycles. The van der Waals surface area contributed by atoms with Gasteiger partial charge in [0, 0.05) is 19.5 Å². The molecule has 66 valence electrons. The van der Waals surface area contributed by atoms with Gasteiger partial charge in [-0.05, 0) is 27.7 Å². The molecule has 11 heavy (non-hydrogen) atoms. The topological polar surface area (TPSA) is 0 Å². The first kappa shape index (κ1) is 17.8. The van der Waals surface area contributed by atoms with Gasteiger partial charge < -0.3 is 4.48 Å². The Hall–Kier alpha value is 0.873. The largest absolute Gasteiger partial charge is 0.325 e. The Kier molecular flexibility index (Phi) is 14.5. The van der Waals surface area contributed by atoms with Crippen molar-refractivity contribution in [2.24, 2.45) is 0 Å². The summed E-state index contributed by atoms with van der Waals surface area (Å²) in [6.07, 6.45) is 0. The maximum Gasteiger partial charge on any atom is 0.0757 e. The average Bonchev–Trinajstić information content (AvgIpc) is 1.95. The van der Waals surface area contributed by atoms with Crippen molar-refractivity contribution in [2.75, 3.05) is 26.2 Å². The van der Waals surface area contributed by atoms with Crippen LogP contribution in [0.4, 0.5) is 0 Å². The van der Waals surface area contributed by atoms with Crippen molar-refractivity contribution in [2.45, 2.75) is 27.7 Å². The zero-order valence-corrected chi connectivity index (χ0v) is 12.2. The van der Waals surface area contributed by atoms with Crippen LogP contribution >= 0.6 is 12.4 Å². The smallest absolute Gasteiger partial charge is 0.0757 e. The van der Waals surface area contributed by atoms with E-state index in [1.807, 2.05) is 0 Å². The van der Waals surface area contributed by atoms with Crippen LogP contribution in [0.5, 0.6) is 0 Å². The fourth-order valence-corrected chi connectivity index (χ4v) is 1.34. The summed E-state index contributed by atoms with van der Waals surface area (Å²) in [5.41, 5.74) is 0. The summed E-state index contributed by atoms with van der Waals surface area (Å²) in [7, 11) is 0. The molecule has 0 N–H and O–H groups in total. The molecule has 1 nitrogen and oxygen atoms in total. The third-order valence-electron chi connectivity index (χ3n) is 2.68. The van der Waals surface area contributed by atoms with Crippen LogP contribution in [-0.2, 0) is 19.5 Å². The van der Waals surface area contributed by atoms with Crippen LogP contribution in [0.25, 0.3) is 0 Å². The van der Waals surface area contributed by atoms with Crippen molar-refractivity contribution in [3.8, 4) is 0 Å². The van der Waals surface area contributed by atoms with Gasteiger partial charge in [-0.2, -0.15) is 0 Å². The van der Waals surface area contributed by atoms with Crippen molar-refractivity contribution >= 4 is 12.4 Å². The molecule has 0 aromatic carbocycles. The molecule has 0 bridgehead atoms. The van der Waals surface area contributed by atoms with Crippen LogP contribution in [0.15, 0.2) is 0 Å². The van der Waals surface area contributed by atoms with Crippen LogP contribution in [0, 0.1) is 0 Å². The zero-order valence-electron chi connectivity index (χ0n) is 8.39. The molecule has 0 saturated heterocycles. The van der Waals surface area contributed by atoms with E-state index in [-0.39, 0.29) is 31.9 Å². The van der Waals surface area contributed by atoms with Crippen molar-refractivity contribution < 1.29 is 24.0 Å². The fraction of sp³-hybridized carbons (Fsp3) is 1.00. The molecule has 0 aromatic rings.